The summed E-state index contributed by atoms with van der Waals surface area (Å²) in [5, 5.41) is 13.9. The van der Waals surface area contributed by atoms with E-state index in [1.807, 2.05) is 0 Å². The number of nitrogens with zero attached hydrogens (tertiary/aromatic N) is 3. The van der Waals surface area contributed by atoms with Gasteiger partial charge >= 0.3 is 6.03 Å². The van der Waals surface area contributed by atoms with E-state index in [1.54, 1.807) is 42.3 Å². The third-order valence-corrected chi connectivity index (χ3v) is 5.15. The summed E-state index contributed by atoms with van der Waals surface area (Å²) in [4.78, 5) is 39.5. The lowest BCUT2D eigenvalue weighted by molar-refractivity contribution is -0.384. The second-order valence-electron chi connectivity index (χ2n) is 6.72. The number of hydrogen-bond donors (Lipinski definition) is 1. The maximum atomic E-state index is 13.4. The molecule has 0 fully saturated rings. The van der Waals surface area contributed by atoms with Gasteiger partial charge in [0.2, 0.25) is 0 Å². The van der Waals surface area contributed by atoms with E-state index >= 15 is 0 Å². The maximum Gasteiger partial charge on any atom is 0.322 e. The average molecular weight is 394 g/mol. The van der Waals surface area contributed by atoms with Gasteiger partial charge in [-0.05, 0) is 17.7 Å². The number of benzene rings is 2. The molecule has 2 aliphatic heterocycles. The topological polar surface area (TPSA) is 105 Å². The van der Waals surface area contributed by atoms with Crippen molar-refractivity contribution in [3.63, 3.8) is 0 Å². The molecule has 0 spiro atoms. The number of urea groups is 1. The summed E-state index contributed by atoms with van der Waals surface area (Å²) < 4.78 is 5.38. The highest BCUT2D eigenvalue weighted by molar-refractivity contribution is 6.12. The zero-order valence-corrected chi connectivity index (χ0v) is 15.8. The molecule has 0 aliphatic carbocycles. The van der Waals surface area contributed by atoms with Gasteiger partial charge in [0.05, 0.1) is 41.6 Å². The lowest BCUT2D eigenvalue weighted by atomic mass is 9.95. The predicted octanol–water partition coefficient (Wildman–Crippen LogP) is 2.60. The van der Waals surface area contributed by atoms with Crippen molar-refractivity contribution in [1.82, 2.24) is 10.2 Å². The van der Waals surface area contributed by atoms with E-state index in [0.717, 1.165) is 0 Å². The normalized spacial score (nSPS) is 18.6. The molecule has 1 N–H and O–H groups in total. The number of carbonyl (C=O) groups is 2. The first kappa shape index (κ1) is 18.5. The summed E-state index contributed by atoms with van der Waals surface area (Å²) in [6, 6.07) is 11.9. The van der Waals surface area contributed by atoms with Gasteiger partial charge < -0.3 is 10.1 Å². The molecule has 2 aliphatic rings. The zero-order chi connectivity index (χ0) is 20.7. The van der Waals surface area contributed by atoms with E-state index in [9.17, 15) is 19.7 Å². The number of hydrogen-bond acceptors (Lipinski definition) is 5. The number of non-ortho nitro benzene ring substituents is 1. The SMILES string of the molecule is COc1ccccc1N1CC2=C(C1=O)[C@H](c1cccc([N+](=O)[O-])c1)NC(=O)N2C. The van der Waals surface area contributed by atoms with Crippen molar-refractivity contribution in [2.75, 3.05) is 25.6 Å². The van der Waals surface area contributed by atoms with Crippen molar-refractivity contribution in [1.29, 1.82) is 0 Å². The molecule has 3 amide bonds. The number of methoxy groups -OCH3 is 1. The first-order valence-electron chi connectivity index (χ1n) is 8.89. The van der Waals surface area contributed by atoms with E-state index in [1.165, 1.54) is 30.2 Å². The fourth-order valence-electron chi connectivity index (χ4n) is 3.68. The van der Waals surface area contributed by atoms with Crippen LogP contribution >= 0.6 is 0 Å². The van der Waals surface area contributed by atoms with Crippen LogP contribution in [0.1, 0.15) is 11.6 Å². The minimum Gasteiger partial charge on any atom is -0.495 e. The van der Waals surface area contributed by atoms with Crippen LogP contribution in [0.25, 0.3) is 0 Å². The van der Waals surface area contributed by atoms with E-state index in [4.69, 9.17) is 4.74 Å². The molecular weight excluding hydrogens is 376 g/mol. The number of anilines is 1. The Kier molecular flexibility index (Phi) is 4.42. The van der Waals surface area contributed by atoms with Gasteiger partial charge in [0.15, 0.2) is 0 Å². The molecule has 0 saturated heterocycles. The Morgan fingerprint density at radius 2 is 1.93 bits per heavy atom. The number of amides is 3. The molecule has 148 valence electrons. The molecular formula is C20H18N4O5. The van der Waals surface area contributed by atoms with E-state index in [0.29, 0.717) is 28.3 Å². The number of rotatable bonds is 4. The number of para-hydroxylation sites is 2. The minimum atomic E-state index is -0.777. The Balaban J connectivity index is 1.79. The van der Waals surface area contributed by atoms with E-state index in [2.05, 4.69) is 5.32 Å². The van der Waals surface area contributed by atoms with Gasteiger partial charge in [-0.25, -0.2) is 4.79 Å². The van der Waals surface area contributed by atoms with Crippen molar-refractivity contribution in [2.24, 2.45) is 0 Å². The highest BCUT2D eigenvalue weighted by Crippen LogP contribution is 2.40. The highest BCUT2D eigenvalue weighted by atomic mass is 16.6. The van der Waals surface area contributed by atoms with Gasteiger partial charge in [0, 0.05) is 19.2 Å². The van der Waals surface area contributed by atoms with Crippen LogP contribution in [0, 0.1) is 10.1 Å². The second-order valence-corrected chi connectivity index (χ2v) is 6.72. The number of nitro benzene ring substituents is 1. The van der Waals surface area contributed by atoms with Crippen LogP contribution in [0.4, 0.5) is 16.2 Å². The Labute approximate surface area is 166 Å². The summed E-state index contributed by atoms with van der Waals surface area (Å²) in [5.74, 6) is 0.252. The molecule has 1 atom stereocenters. The molecule has 9 heteroatoms. The molecule has 29 heavy (non-hydrogen) atoms. The molecule has 0 saturated carbocycles. The van der Waals surface area contributed by atoms with Crippen molar-refractivity contribution >= 4 is 23.3 Å². The van der Waals surface area contributed by atoms with Crippen molar-refractivity contribution < 1.29 is 19.2 Å². The average Bonchev–Trinajstić information content (AvgIpc) is 3.08. The Morgan fingerprint density at radius 1 is 1.17 bits per heavy atom. The second kappa shape index (κ2) is 6.93. The zero-order valence-electron chi connectivity index (χ0n) is 15.8. The summed E-state index contributed by atoms with van der Waals surface area (Å²) in [7, 11) is 3.11. The van der Waals surface area contributed by atoms with Crippen LogP contribution in [0.5, 0.6) is 5.75 Å². The summed E-state index contributed by atoms with van der Waals surface area (Å²) in [5.41, 5.74) is 1.90. The highest BCUT2D eigenvalue weighted by Gasteiger charge is 2.44. The number of likely N-dealkylation sites (N-methyl/N-ethyl adjacent to an activating group) is 1. The molecule has 9 nitrogen and oxygen atoms in total. The molecule has 0 radical (unpaired) electrons. The quantitative estimate of drug-likeness (QED) is 0.634. The smallest absolute Gasteiger partial charge is 0.322 e. The monoisotopic (exact) mass is 394 g/mol. The number of nitrogens with one attached hydrogen (secondary N) is 1. The predicted molar refractivity (Wildman–Crippen MR) is 105 cm³/mol. The number of ether oxygens (including phenoxy) is 1. The lowest BCUT2D eigenvalue weighted by Gasteiger charge is -2.30. The fourth-order valence-corrected chi connectivity index (χ4v) is 3.68. The van der Waals surface area contributed by atoms with Gasteiger partial charge in [-0.2, -0.15) is 0 Å². The van der Waals surface area contributed by atoms with Gasteiger partial charge in [-0.15, -0.1) is 0 Å². The molecule has 4 rings (SSSR count). The first-order chi connectivity index (χ1) is 13.9. The van der Waals surface area contributed by atoms with E-state index < -0.39 is 11.0 Å². The van der Waals surface area contributed by atoms with Crippen LogP contribution in [-0.2, 0) is 4.79 Å². The Bertz CT molecular complexity index is 1060. The van der Waals surface area contributed by atoms with Crippen LogP contribution in [-0.4, -0.2) is 42.5 Å². The fraction of sp³-hybridized carbons (Fsp3) is 0.200. The van der Waals surface area contributed by atoms with Gasteiger partial charge in [0.1, 0.15) is 5.75 Å². The molecule has 0 bridgehead atoms. The summed E-state index contributed by atoms with van der Waals surface area (Å²) >= 11 is 0. The maximum absolute atomic E-state index is 13.4. The summed E-state index contributed by atoms with van der Waals surface area (Å²) in [6.07, 6.45) is 0. The van der Waals surface area contributed by atoms with Crippen LogP contribution in [0.3, 0.4) is 0 Å². The van der Waals surface area contributed by atoms with Gasteiger partial charge in [-0.1, -0.05) is 24.3 Å². The lowest BCUT2D eigenvalue weighted by Crippen LogP contribution is -2.45. The first-order valence-corrected chi connectivity index (χ1v) is 8.89. The molecule has 2 aromatic carbocycles. The van der Waals surface area contributed by atoms with Crippen molar-refractivity contribution in [3.05, 3.63) is 75.5 Å². The largest absolute Gasteiger partial charge is 0.495 e. The summed E-state index contributed by atoms with van der Waals surface area (Å²) in [6.45, 7) is 0.198. The minimum absolute atomic E-state index is 0.107. The van der Waals surface area contributed by atoms with E-state index in [-0.39, 0.29) is 24.2 Å². The third-order valence-electron chi connectivity index (χ3n) is 5.15. The molecule has 0 unspecified atom stereocenters. The molecule has 0 aromatic heterocycles. The van der Waals surface area contributed by atoms with Crippen molar-refractivity contribution in [2.45, 2.75) is 6.04 Å². The van der Waals surface area contributed by atoms with Gasteiger partial charge in [0.25, 0.3) is 11.6 Å². The number of nitro groups is 1. The standard InChI is InChI=1S/C20H18N4O5/c1-22-15-11-23(14-8-3-4-9-16(14)29-2)19(25)17(15)18(21-20(22)26)12-6-5-7-13(10-12)24(27)28/h3-10,18H,11H2,1-2H3,(H,21,26)/t18-/m0/s1. The van der Waals surface area contributed by atoms with Crippen LogP contribution in [0.15, 0.2) is 59.8 Å². The Hall–Kier alpha value is -3.88. The number of carbonyl (C=O) groups excluding carboxylic acids is 2. The molecule has 2 aromatic rings. The van der Waals surface area contributed by atoms with Crippen molar-refractivity contribution in [3.8, 4) is 5.75 Å². The van der Waals surface area contributed by atoms with Crippen LogP contribution in [0.2, 0.25) is 0 Å². The Morgan fingerprint density at radius 3 is 2.66 bits per heavy atom. The van der Waals surface area contributed by atoms with Crippen LogP contribution < -0.4 is 15.0 Å². The third kappa shape index (κ3) is 2.96. The molecule has 2 heterocycles. The van der Waals surface area contributed by atoms with Gasteiger partial charge in [-0.3, -0.25) is 24.7 Å².